The number of hydroxylamine groups is 1. The Balaban J connectivity index is 1.42. The second-order valence-electron chi connectivity index (χ2n) is 8.13. The zero-order valence-corrected chi connectivity index (χ0v) is 17.9. The molecular formula is C24H26N4O4. The van der Waals surface area contributed by atoms with Crippen molar-refractivity contribution in [3.05, 3.63) is 71.4 Å². The lowest BCUT2D eigenvalue weighted by molar-refractivity contribution is -0.130. The topological polar surface area (TPSA) is 113 Å². The van der Waals surface area contributed by atoms with Gasteiger partial charge in [-0.2, -0.15) is 0 Å². The van der Waals surface area contributed by atoms with Crippen LogP contribution in [0.3, 0.4) is 0 Å². The zero-order valence-electron chi connectivity index (χ0n) is 17.9. The third kappa shape index (κ3) is 4.87. The standard InChI is InChI=1S/C24H26N4O4/c1-16-12-18(20-4-2-3-5-21(20)26-16)14-32-19-8-6-17(7-9-19)23(30)27-24(10-11-25-15-24)13-22(29)28-31/h2-9,12,25,31H,10-11,13-15H2,1H3,(H,27,30)(H,28,29). The Bertz CT molecular complexity index is 1120. The lowest BCUT2D eigenvalue weighted by atomic mass is 9.93. The first-order valence-electron chi connectivity index (χ1n) is 10.5. The van der Waals surface area contributed by atoms with Crippen LogP contribution >= 0.6 is 0 Å². The first-order valence-corrected chi connectivity index (χ1v) is 10.5. The number of aryl methyl sites for hydroxylation is 1. The maximum absolute atomic E-state index is 12.8. The minimum Gasteiger partial charge on any atom is -0.489 e. The smallest absolute Gasteiger partial charge is 0.251 e. The Labute approximate surface area is 186 Å². The molecule has 1 saturated heterocycles. The molecular weight excluding hydrogens is 408 g/mol. The molecule has 166 valence electrons. The van der Waals surface area contributed by atoms with E-state index in [0.29, 0.717) is 37.4 Å². The highest BCUT2D eigenvalue weighted by molar-refractivity contribution is 5.95. The summed E-state index contributed by atoms with van der Waals surface area (Å²) < 4.78 is 5.96. The summed E-state index contributed by atoms with van der Waals surface area (Å²) in [6.45, 7) is 3.50. The first kappa shape index (κ1) is 21.7. The molecule has 2 aromatic carbocycles. The van der Waals surface area contributed by atoms with Gasteiger partial charge in [-0.05, 0) is 56.3 Å². The molecule has 2 amide bonds. The van der Waals surface area contributed by atoms with Gasteiger partial charge >= 0.3 is 0 Å². The number of carbonyl (C=O) groups excluding carboxylic acids is 2. The Kier molecular flexibility index (Phi) is 6.34. The number of rotatable bonds is 7. The highest BCUT2D eigenvalue weighted by atomic mass is 16.5. The monoisotopic (exact) mass is 434 g/mol. The molecule has 32 heavy (non-hydrogen) atoms. The van der Waals surface area contributed by atoms with E-state index in [1.807, 2.05) is 37.3 Å². The minimum atomic E-state index is -0.723. The maximum atomic E-state index is 12.8. The van der Waals surface area contributed by atoms with Crippen LogP contribution in [0.2, 0.25) is 0 Å². The Morgan fingerprint density at radius 2 is 1.97 bits per heavy atom. The van der Waals surface area contributed by atoms with Gasteiger partial charge in [0.2, 0.25) is 5.91 Å². The molecule has 1 fully saturated rings. The number of nitrogens with one attached hydrogen (secondary N) is 3. The van der Waals surface area contributed by atoms with Crippen molar-refractivity contribution >= 4 is 22.7 Å². The van der Waals surface area contributed by atoms with Gasteiger partial charge < -0.3 is 15.4 Å². The summed E-state index contributed by atoms with van der Waals surface area (Å²) >= 11 is 0. The van der Waals surface area contributed by atoms with Crippen LogP contribution in [0, 0.1) is 6.92 Å². The number of pyridine rings is 1. The molecule has 8 nitrogen and oxygen atoms in total. The number of hydrogen-bond donors (Lipinski definition) is 4. The number of fused-ring (bicyclic) bond motifs is 1. The second-order valence-corrected chi connectivity index (χ2v) is 8.13. The predicted octanol–water partition coefficient (Wildman–Crippen LogP) is 2.48. The van der Waals surface area contributed by atoms with E-state index in [-0.39, 0.29) is 12.3 Å². The molecule has 4 N–H and O–H groups in total. The highest BCUT2D eigenvalue weighted by Crippen LogP contribution is 2.23. The van der Waals surface area contributed by atoms with Crippen molar-refractivity contribution in [1.29, 1.82) is 0 Å². The fraction of sp³-hybridized carbons (Fsp3) is 0.292. The molecule has 0 aliphatic carbocycles. The lowest BCUT2D eigenvalue weighted by Crippen LogP contribution is -2.52. The zero-order chi connectivity index (χ0) is 22.6. The Morgan fingerprint density at radius 1 is 1.19 bits per heavy atom. The molecule has 0 bridgehead atoms. The minimum absolute atomic E-state index is 0.00272. The fourth-order valence-electron chi connectivity index (χ4n) is 4.08. The number of benzene rings is 2. The van der Waals surface area contributed by atoms with Gasteiger partial charge in [-0.1, -0.05) is 18.2 Å². The highest BCUT2D eigenvalue weighted by Gasteiger charge is 2.37. The second kappa shape index (κ2) is 9.33. The van der Waals surface area contributed by atoms with E-state index in [1.54, 1.807) is 29.7 Å². The van der Waals surface area contributed by atoms with Crippen LogP contribution in [0.15, 0.2) is 54.6 Å². The average Bonchev–Trinajstić information content (AvgIpc) is 3.25. The van der Waals surface area contributed by atoms with Crippen LogP contribution < -0.4 is 20.9 Å². The molecule has 0 radical (unpaired) electrons. The summed E-state index contributed by atoms with van der Waals surface area (Å²) in [5.41, 5.74) is 4.30. The van der Waals surface area contributed by atoms with E-state index in [4.69, 9.17) is 9.94 Å². The normalized spacial score (nSPS) is 17.8. The fourth-order valence-corrected chi connectivity index (χ4v) is 4.08. The van der Waals surface area contributed by atoms with Crippen molar-refractivity contribution in [2.75, 3.05) is 13.1 Å². The average molecular weight is 434 g/mol. The Hall–Kier alpha value is -3.49. The summed E-state index contributed by atoms with van der Waals surface area (Å²) in [5.74, 6) is -0.157. The van der Waals surface area contributed by atoms with E-state index < -0.39 is 11.4 Å². The van der Waals surface area contributed by atoms with Crippen LogP contribution in [0.5, 0.6) is 5.75 Å². The molecule has 4 rings (SSSR count). The van der Waals surface area contributed by atoms with Gasteiger partial charge in [0.1, 0.15) is 12.4 Å². The van der Waals surface area contributed by atoms with Crippen molar-refractivity contribution < 1.29 is 19.5 Å². The number of carbonyl (C=O) groups is 2. The van der Waals surface area contributed by atoms with E-state index in [9.17, 15) is 9.59 Å². The van der Waals surface area contributed by atoms with Crippen molar-refractivity contribution in [1.82, 2.24) is 21.1 Å². The Morgan fingerprint density at radius 3 is 2.69 bits per heavy atom. The van der Waals surface area contributed by atoms with E-state index in [2.05, 4.69) is 15.6 Å². The third-order valence-corrected chi connectivity index (χ3v) is 5.69. The molecule has 1 atom stereocenters. The third-order valence-electron chi connectivity index (χ3n) is 5.69. The number of hydrogen-bond acceptors (Lipinski definition) is 6. The van der Waals surface area contributed by atoms with Crippen LogP contribution in [-0.2, 0) is 11.4 Å². The number of para-hydroxylation sites is 1. The lowest BCUT2D eigenvalue weighted by Gasteiger charge is -2.28. The van der Waals surface area contributed by atoms with E-state index >= 15 is 0 Å². The largest absolute Gasteiger partial charge is 0.489 e. The summed E-state index contributed by atoms with van der Waals surface area (Å²) in [6.07, 6.45) is 0.607. The summed E-state index contributed by atoms with van der Waals surface area (Å²) in [5, 5.41) is 16.0. The summed E-state index contributed by atoms with van der Waals surface area (Å²) in [4.78, 5) is 29.0. The number of aromatic nitrogens is 1. The van der Waals surface area contributed by atoms with Crippen molar-refractivity contribution in [3.8, 4) is 5.75 Å². The number of nitrogens with zero attached hydrogens (tertiary/aromatic N) is 1. The van der Waals surface area contributed by atoms with Gasteiger partial charge in [0, 0.05) is 28.8 Å². The van der Waals surface area contributed by atoms with Gasteiger partial charge in [0.15, 0.2) is 0 Å². The molecule has 8 heteroatoms. The summed E-state index contributed by atoms with van der Waals surface area (Å²) in [7, 11) is 0. The van der Waals surface area contributed by atoms with Gasteiger partial charge in [0.05, 0.1) is 17.5 Å². The van der Waals surface area contributed by atoms with E-state index in [0.717, 1.165) is 22.2 Å². The van der Waals surface area contributed by atoms with Gasteiger partial charge in [-0.3, -0.25) is 19.8 Å². The van der Waals surface area contributed by atoms with Crippen molar-refractivity contribution in [2.24, 2.45) is 0 Å². The van der Waals surface area contributed by atoms with Crippen molar-refractivity contribution in [2.45, 2.75) is 31.9 Å². The van der Waals surface area contributed by atoms with Crippen LogP contribution in [0.4, 0.5) is 0 Å². The maximum Gasteiger partial charge on any atom is 0.251 e. The molecule has 0 saturated carbocycles. The van der Waals surface area contributed by atoms with Gasteiger partial charge in [-0.15, -0.1) is 0 Å². The molecule has 0 spiro atoms. The number of ether oxygens (including phenoxy) is 1. The van der Waals surface area contributed by atoms with Crippen molar-refractivity contribution in [3.63, 3.8) is 0 Å². The molecule has 1 unspecified atom stereocenters. The molecule has 3 aromatic rings. The van der Waals surface area contributed by atoms with E-state index in [1.165, 1.54) is 0 Å². The predicted molar refractivity (Wildman–Crippen MR) is 119 cm³/mol. The molecule has 1 aromatic heterocycles. The van der Waals surface area contributed by atoms with Crippen LogP contribution in [0.25, 0.3) is 10.9 Å². The molecule has 2 heterocycles. The number of amides is 2. The first-order chi connectivity index (χ1) is 15.5. The molecule has 1 aliphatic heterocycles. The van der Waals surface area contributed by atoms with Gasteiger partial charge in [-0.25, -0.2) is 5.48 Å². The quantitative estimate of drug-likeness (QED) is 0.336. The molecule has 1 aliphatic rings. The summed E-state index contributed by atoms with van der Waals surface area (Å²) in [6, 6.07) is 16.9. The SMILES string of the molecule is Cc1cc(COc2ccc(C(=O)NC3(CC(=O)NO)CCNC3)cc2)c2ccccc2n1. The van der Waals surface area contributed by atoms with Gasteiger partial charge in [0.25, 0.3) is 5.91 Å². The van der Waals surface area contributed by atoms with Crippen LogP contribution in [0.1, 0.15) is 34.5 Å². The van der Waals surface area contributed by atoms with Crippen LogP contribution in [-0.4, -0.2) is 40.6 Å².